The molecule has 0 atom stereocenters. The van der Waals surface area contributed by atoms with Gasteiger partial charge in [-0.1, -0.05) is 38.0 Å². The van der Waals surface area contributed by atoms with E-state index in [1.807, 2.05) is 19.1 Å². The van der Waals surface area contributed by atoms with E-state index in [0.29, 0.717) is 10.8 Å². The molecule has 2 rings (SSSR count). The lowest BCUT2D eigenvalue weighted by molar-refractivity contribution is 0.476. The predicted octanol–water partition coefficient (Wildman–Crippen LogP) is 5.98. The summed E-state index contributed by atoms with van der Waals surface area (Å²) in [6.45, 7) is 8.38. The predicted molar refractivity (Wildman–Crippen MR) is 101 cm³/mol. The van der Waals surface area contributed by atoms with Gasteiger partial charge in [0.15, 0.2) is 0 Å². The minimum Gasteiger partial charge on any atom is -0.506 e. The second-order valence-corrected chi connectivity index (χ2v) is 7.03. The molecule has 0 unspecified atom stereocenters. The van der Waals surface area contributed by atoms with Crippen molar-refractivity contribution < 1.29 is 5.11 Å². The summed E-state index contributed by atoms with van der Waals surface area (Å²) in [7, 11) is 0. The number of rotatable bonds is 9. The number of hydrogen-bond donors (Lipinski definition) is 1. The number of phenolic OH excluding ortho intramolecular Hbond substituents is 1. The van der Waals surface area contributed by atoms with Crippen LogP contribution in [0, 0.1) is 6.92 Å². The van der Waals surface area contributed by atoms with E-state index in [1.165, 1.54) is 11.3 Å². The number of aryl methyl sites for hydroxylation is 1. The average Bonchev–Trinajstić information content (AvgIpc) is 2.99. The van der Waals surface area contributed by atoms with Gasteiger partial charge >= 0.3 is 0 Å². The van der Waals surface area contributed by atoms with Crippen molar-refractivity contribution in [1.82, 2.24) is 4.98 Å². The number of thiazole rings is 1. The van der Waals surface area contributed by atoms with Crippen LogP contribution in [-0.2, 0) is 0 Å². The van der Waals surface area contributed by atoms with Crippen molar-refractivity contribution in [3.05, 3.63) is 29.3 Å². The Labute approximate surface area is 148 Å². The molecule has 24 heavy (non-hydrogen) atoms. The van der Waals surface area contributed by atoms with Gasteiger partial charge in [-0.15, -0.1) is 10.2 Å². The number of aromatic hydroxyl groups is 1. The molecule has 130 valence electrons. The van der Waals surface area contributed by atoms with Gasteiger partial charge in [0, 0.05) is 35.9 Å². The molecule has 1 heterocycles. The van der Waals surface area contributed by atoms with Crippen LogP contribution in [0.15, 0.2) is 34.6 Å². The normalized spacial score (nSPS) is 11.3. The highest BCUT2D eigenvalue weighted by Gasteiger charge is 2.09. The molecule has 0 saturated heterocycles. The summed E-state index contributed by atoms with van der Waals surface area (Å²) in [6.07, 6.45) is 6.38. The molecule has 1 aromatic heterocycles. The molecule has 0 aliphatic rings. The molecule has 0 radical (unpaired) electrons. The first kappa shape index (κ1) is 18.4. The van der Waals surface area contributed by atoms with Gasteiger partial charge in [-0.3, -0.25) is 0 Å². The minimum absolute atomic E-state index is 0.155. The number of hydrogen-bond acceptors (Lipinski definition) is 6. The quantitative estimate of drug-likeness (QED) is 0.568. The zero-order chi connectivity index (χ0) is 17.4. The van der Waals surface area contributed by atoms with Crippen molar-refractivity contribution in [2.75, 3.05) is 18.0 Å². The third-order valence-electron chi connectivity index (χ3n) is 3.74. The minimum atomic E-state index is 0.155. The van der Waals surface area contributed by atoms with E-state index >= 15 is 0 Å². The van der Waals surface area contributed by atoms with Gasteiger partial charge in [0.05, 0.1) is 0 Å². The maximum absolute atomic E-state index is 10.3. The van der Waals surface area contributed by atoms with Crippen LogP contribution >= 0.6 is 11.3 Å². The van der Waals surface area contributed by atoms with E-state index in [2.05, 4.69) is 34.0 Å². The van der Waals surface area contributed by atoms with Crippen molar-refractivity contribution in [2.45, 2.75) is 46.5 Å². The van der Waals surface area contributed by atoms with Crippen LogP contribution < -0.4 is 4.90 Å². The highest BCUT2D eigenvalue weighted by molar-refractivity contribution is 7.15. The van der Waals surface area contributed by atoms with E-state index in [1.54, 1.807) is 12.3 Å². The summed E-state index contributed by atoms with van der Waals surface area (Å²) >= 11 is 1.48. The smallest absolute Gasteiger partial charge is 0.230 e. The average molecular weight is 347 g/mol. The van der Waals surface area contributed by atoms with E-state index in [9.17, 15) is 5.11 Å². The second-order valence-electron chi connectivity index (χ2n) is 5.82. The van der Waals surface area contributed by atoms with Crippen LogP contribution in [0.3, 0.4) is 0 Å². The summed E-state index contributed by atoms with van der Waals surface area (Å²) in [5, 5.41) is 19.1. The fraction of sp³-hybridized carbons (Fsp3) is 0.500. The Balaban J connectivity index is 2.12. The fourth-order valence-electron chi connectivity index (χ4n) is 2.35. The molecule has 0 spiro atoms. The third-order valence-corrected chi connectivity index (χ3v) is 4.54. The summed E-state index contributed by atoms with van der Waals surface area (Å²) < 4.78 is 0. The van der Waals surface area contributed by atoms with Crippen molar-refractivity contribution >= 4 is 27.8 Å². The molecule has 0 bridgehead atoms. The number of nitrogens with zero attached hydrogens (tertiary/aromatic N) is 4. The topological polar surface area (TPSA) is 61.1 Å². The number of benzene rings is 1. The number of unbranched alkanes of at least 4 members (excludes halogenated alkanes) is 2. The first-order valence-electron chi connectivity index (χ1n) is 8.56. The van der Waals surface area contributed by atoms with E-state index < -0.39 is 0 Å². The number of aromatic nitrogens is 1. The Morgan fingerprint density at radius 1 is 1.12 bits per heavy atom. The van der Waals surface area contributed by atoms with Crippen LogP contribution in [0.25, 0.3) is 0 Å². The first-order chi connectivity index (χ1) is 11.6. The molecular formula is C18H26N4OS. The molecule has 5 nitrogen and oxygen atoms in total. The third kappa shape index (κ3) is 5.30. The number of anilines is 1. The molecule has 0 fully saturated rings. The van der Waals surface area contributed by atoms with Gasteiger partial charge in [0.1, 0.15) is 11.4 Å². The lowest BCUT2D eigenvalue weighted by Crippen LogP contribution is -2.25. The zero-order valence-corrected chi connectivity index (χ0v) is 15.5. The largest absolute Gasteiger partial charge is 0.506 e. The van der Waals surface area contributed by atoms with Gasteiger partial charge in [0.25, 0.3) is 0 Å². The molecule has 0 amide bonds. The van der Waals surface area contributed by atoms with E-state index in [4.69, 9.17) is 0 Å². The van der Waals surface area contributed by atoms with Crippen LogP contribution in [0.1, 0.15) is 44.4 Å². The standard InChI is InChI=1S/C18H26N4OS/c1-4-6-10-22(11-7-5-2)15-8-9-16(17(23)12-15)20-21-18-19-13-14(3)24-18/h8-9,12-13,23H,4-7,10-11H2,1-3H3. The van der Waals surface area contributed by atoms with Crippen molar-refractivity contribution in [3.8, 4) is 5.75 Å². The number of phenols is 1. The molecule has 0 aliphatic heterocycles. The second kappa shape index (κ2) is 9.37. The molecule has 1 aromatic carbocycles. The molecule has 1 N–H and O–H groups in total. The SMILES string of the molecule is CCCCN(CCCC)c1ccc(N=Nc2ncc(C)s2)c(O)c1. The molecule has 2 aromatic rings. The molecule has 0 saturated carbocycles. The van der Waals surface area contributed by atoms with E-state index in [-0.39, 0.29) is 5.75 Å². The van der Waals surface area contributed by atoms with Crippen LogP contribution in [0.5, 0.6) is 5.75 Å². The lowest BCUT2D eigenvalue weighted by Gasteiger charge is -2.25. The summed E-state index contributed by atoms with van der Waals surface area (Å²) in [5.74, 6) is 0.155. The van der Waals surface area contributed by atoms with Crippen LogP contribution in [-0.4, -0.2) is 23.2 Å². The molecule has 6 heteroatoms. The summed E-state index contributed by atoms with van der Waals surface area (Å²) in [5.41, 5.74) is 1.51. The van der Waals surface area contributed by atoms with Crippen molar-refractivity contribution in [3.63, 3.8) is 0 Å². The van der Waals surface area contributed by atoms with Gasteiger partial charge in [0.2, 0.25) is 5.13 Å². The maximum Gasteiger partial charge on any atom is 0.230 e. The Hall–Kier alpha value is -1.95. The Bertz CT molecular complexity index is 661. The van der Waals surface area contributed by atoms with Gasteiger partial charge in [-0.05, 0) is 31.9 Å². The van der Waals surface area contributed by atoms with Gasteiger partial charge < -0.3 is 10.0 Å². The fourth-order valence-corrected chi connectivity index (χ4v) is 2.93. The Kier molecular flexibility index (Phi) is 7.18. The Morgan fingerprint density at radius 3 is 2.38 bits per heavy atom. The van der Waals surface area contributed by atoms with Gasteiger partial charge in [-0.25, -0.2) is 4.98 Å². The summed E-state index contributed by atoms with van der Waals surface area (Å²) in [6, 6.07) is 5.61. The summed E-state index contributed by atoms with van der Waals surface area (Å²) in [4.78, 5) is 7.56. The number of azo groups is 1. The van der Waals surface area contributed by atoms with Gasteiger partial charge in [-0.2, -0.15) is 0 Å². The van der Waals surface area contributed by atoms with Crippen molar-refractivity contribution in [1.29, 1.82) is 0 Å². The van der Waals surface area contributed by atoms with Crippen LogP contribution in [0.4, 0.5) is 16.5 Å². The molecular weight excluding hydrogens is 320 g/mol. The highest BCUT2D eigenvalue weighted by atomic mass is 32.1. The van der Waals surface area contributed by atoms with E-state index in [0.717, 1.165) is 49.3 Å². The Morgan fingerprint density at radius 2 is 1.83 bits per heavy atom. The zero-order valence-electron chi connectivity index (χ0n) is 14.7. The van der Waals surface area contributed by atoms with Crippen molar-refractivity contribution in [2.24, 2.45) is 10.2 Å². The van der Waals surface area contributed by atoms with Crippen LogP contribution in [0.2, 0.25) is 0 Å². The first-order valence-corrected chi connectivity index (χ1v) is 9.37. The molecule has 0 aliphatic carbocycles. The monoisotopic (exact) mass is 346 g/mol. The maximum atomic E-state index is 10.3. The highest BCUT2D eigenvalue weighted by Crippen LogP contribution is 2.33. The lowest BCUT2D eigenvalue weighted by atomic mass is 10.2.